The van der Waals surface area contributed by atoms with Crippen LogP contribution >= 0.6 is 0 Å². The first kappa shape index (κ1) is 18.1. The molecule has 1 saturated heterocycles. The van der Waals surface area contributed by atoms with Crippen LogP contribution in [-0.2, 0) is 10.0 Å². The Kier molecular flexibility index (Phi) is 4.71. The Hall–Kier alpha value is -2.29. The van der Waals surface area contributed by atoms with E-state index in [9.17, 15) is 18.5 Å². The lowest BCUT2D eigenvalue weighted by atomic mass is 10.0. The van der Waals surface area contributed by atoms with Gasteiger partial charge in [-0.3, -0.25) is 15.0 Å². The van der Waals surface area contributed by atoms with Gasteiger partial charge in [0.2, 0.25) is 10.0 Å². The van der Waals surface area contributed by atoms with Crippen molar-refractivity contribution >= 4 is 15.7 Å². The second-order valence-corrected chi connectivity index (χ2v) is 8.91. The van der Waals surface area contributed by atoms with E-state index >= 15 is 0 Å². The second-order valence-electron chi connectivity index (χ2n) is 7.02. The summed E-state index contributed by atoms with van der Waals surface area (Å²) in [6.07, 6.45) is 2.33. The van der Waals surface area contributed by atoms with E-state index < -0.39 is 14.9 Å². The summed E-state index contributed by atoms with van der Waals surface area (Å²) in [5.41, 5.74) is 0.723. The van der Waals surface area contributed by atoms with E-state index in [0.29, 0.717) is 25.7 Å². The molecule has 0 amide bonds. The van der Waals surface area contributed by atoms with Crippen LogP contribution in [0.4, 0.5) is 5.69 Å². The van der Waals surface area contributed by atoms with Crippen molar-refractivity contribution in [2.45, 2.75) is 29.8 Å². The first-order valence-electron chi connectivity index (χ1n) is 9.02. The first-order chi connectivity index (χ1) is 13.0. The molecule has 4 rings (SSSR count). The highest BCUT2D eigenvalue weighted by Crippen LogP contribution is 2.36. The minimum absolute atomic E-state index is 0.0301. The summed E-state index contributed by atoms with van der Waals surface area (Å²) >= 11 is 0. The first-order valence-corrected chi connectivity index (χ1v) is 10.5. The molecule has 2 aliphatic rings. The highest BCUT2D eigenvalue weighted by Gasteiger charge is 2.41. The molecule has 1 heterocycles. The van der Waals surface area contributed by atoms with Crippen molar-refractivity contribution in [1.82, 2.24) is 9.21 Å². The van der Waals surface area contributed by atoms with Crippen LogP contribution in [0.3, 0.4) is 0 Å². The highest BCUT2D eigenvalue weighted by atomic mass is 32.2. The van der Waals surface area contributed by atoms with Crippen molar-refractivity contribution < 1.29 is 13.3 Å². The topological polar surface area (TPSA) is 83.8 Å². The zero-order chi connectivity index (χ0) is 19.0. The monoisotopic (exact) mass is 387 g/mol. The fourth-order valence-electron chi connectivity index (χ4n) is 3.69. The van der Waals surface area contributed by atoms with Crippen molar-refractivity contribution in [1.29, 1.82) is 0 Å². The Labute approximate surface area is 158 Å². The molecule has 2 aromatic rings. The summed E-state index contributed by atoms with van der Waals surface area (Å²) in [6, 6.07) is 15.2. The van der Waals surface area contributed by atoms with Gasteiger partial charge in [-0.25, -0.2) is 8.42 Å². The molecule has 0 bridgehead atoms. The molecule has 8 heteroatoms. The molecule has 1 aliphatic carbocycles. The minimum atomic E-state index is -3.84. The van der Waals surface area contributed by atoms with E-state index in [0.717, 1.165) is 11.6 Å². The highest BCUT2D eigenvalue weighted by molar-refractivity contribution is 7.89. The molecule has 0 N–H and O–H groups in total. The van der Waals surface area contributed by atoms with Gasteiger partial charge in [-0.15, -0.1) is 0 Å². The molecule has 1 atom stereocenters. The summed E-state index contributed by atoms with van der Waals surface area (Å²) in [5, 5.41) is 11.1. The zero-order valence-corrected chi connectivity index (χ0v) is 15.6. The van der Waals surface area contributed by atoms with E-state index in [-0.39, 0.29) is 16.6 Å². The number of sulfonamides is 1. The van der Waals surface area contributed by atoms with Gasteiger partial charge >= 0.3 is 0 Å². The van der Waals surface area contributed by atoms with Gasteiger partial charge in [0.25, 0.3) is 5.69 Å². The molecule has 7 nitrogen and oxygen atoms in total. The quantitative estimate of drug-likeness (QED) is 0.582. The standard InChI is InChI=1S/C19H21N3O4S/c23-22(24)17-7-4-8-18(13-17)27(25,26)21-12-11-20(16-9-10-16)14-19(21)15-5-2-1-3-6-15/h1-8,13,16,19H,9-12,14H2. The van der Waals surface area contributed by atoms with Gasteiger partial charge in [-0.2, -0.15) is 4.31 Å². The molecule has 0 spiro atoms. The van der Waals surface area contributed by atoms with Gasteiger partial charge in [0.15, 0.2) is 0 Å². The van der Waals surface area contributed by atoms with Crippen LogP contribution in [0.15, 0.2) is 59.5 Å². The average Bonchev–Trinajstić information content (AvgIpc) is 3.53. The number of hydrogen-bond donors (Lipinski definition) is 0. The van der Waals surface area contributed by atoms with Gasteiger partial charge in [-0.1, -0.05) is 36.4 Å². The zero-order valence-electron chi connectivity index (χ0n) is 14.8. The Balaban J connectivity index is 1.70. The van der Waals surface area contributed by atoms with Crippen LogP contribution in [0, 0.1) is 10.1 Å². The third-order valence-electron chi connectivity index (χ3n) is 5.25. The van der Waals surface area contributed by atoms with Gasteiger partial charge in [-0.05, 0) is 24.5 Å². The lowest BCUT2D eigenvalue weighted by Gasteiger charge is -2.41. The van der Waals surface area contributed by atoms with Gasteiger partial charge < -0.3 is 0 Å². The maximum atomic E-state index is 13.3. The molecule has 142 valence electrons. The number of non-ortho nitro benzene ring substituents is 1. The SMILES string of the molecule is O=[N+]([O-])c1cccc(S(=O)(=O)N2CCN(C3CC3)CC2c2ccccc2)c1. The fourth-order valence-corrected chi connectivity index (χ4v) is 5.32. The summed E-state index contributed by atoms with van der Waals surface area (Å²) in [7, 11) is -3.84. The Morgan fingerprint density at radius 3 is 2.41 bits per heavy atom. The normalized spacial score (nSPS) is 21.9. The van der Waals surface area contributed by atoms with Crippen LogP contribution in [0.5, 0.6) is 0 Å². The fraction of sp³-hybridized carbons (Fsp3) is 0.368. The molecular weight excluding hydrogens is 366 g/mol. The van der Waals surface area contributed by atoms with Crippen molar-refractivity contribution in [2.75, 3.05) is 19.6 Å². The summed E-state index contributed by atoms with van der Waals surface area (Å²) in [4.78, 5) is 12.8. The molecule has 2 aromatic carbocycles. The molecule has 0 aromatic heterocycles. The average molecular weight is 387 g/mol. The third-order valence-corrected chi connectivity index (χ3v) is 7.15. The Bertz CT molecular complexity index is 944. The molecule has 1 unspecified atom stereocenters. The number of nitrogens with zero attached hydrogens (tertiary/aromatic N) is 3. The van der Waals surface area contributed by atoms with Crippen molar-refractivity contribution in [2.24, 2.45) is 0 Å². The summed E-state index contributed by atoms with van der Waals surface area (Å²) in [6.45, 7) is 1.70. The lowest BCUT2D eigenvalue weighted by Crippen LogP contribution is -2.51. The number of hydrogen-bond acceptors (Lipinski definition) is 5. The van der Waals surface area contributed by atoms with E-state index in [1.807, 2.05) is 30.3 Å². The van der Waals surface area contributed by atoms with Crippen molar-refractivity contribution in [3.05, 3.63) is 70.3 Å². The molecule has 27 heavy (non-hydrogen) atoms. The van der Waals surface area contributed by atoms with Crippen LogP contribution in [0.2, 0.25) is 0 Å². The molecule has 0 radical (unpaired) electrons. The van der Waals surface area contributed by atoms with Crippen LogP contribution in [-0.4, -0.2) is 48.2 Å². The maximum absolute atomic E-state index is 13.3. The predicted octanol–water partition coefficient (Wildman–Crippen LogP) is 2.80. The van der Waals surface area contributed by atoms with Crippen molar-refractivity contribution in [3.63, 3.8) is 0 Å². The van der Waals surface area contributed by atoms with Gasteiger partial charge in [0.05, 0.1) is 15.9 Å². The van der Waals surface area contributed by atoms with Crippen LogP contribution in [0.1, 0.15) is 24.4 Å². The smallest absolute Gasteiger partial charge is 0.270 e. The second kappa shape index (κ2) is 7.03. The molecule has 1 aliphatic heterocycles. The lowest BCUT2D eigenvalue weighted by molar-refractivity contribution is -0.385. The van der Waals surface area contributed by atoms with E-state index in [1.54, 1.807) is 0 Å². The predicted molar refractivity (Wildman–Crippen MR) is 101 cm³/mol. The maximum Gasteiger partial charge on any atom is 0.270 e. The van der Waals surface area contributed by atoms with Gasteiger partial charge in [0.1, 0.15) is 0 Å². The molecule has 2 fully saturated rings. The van der Waals surface area contributed by atoms with Crippen LogP contribution in [0.25, 0.3) is 0 Å². The Morgan fingerprint density at radius 1 is 1.00 bits per heavy atom. The summed E-state index contributed by atoms with van der Waals surface area (Å²) in [5.74, 6) is 0. The molecular formula is C19H21N3O4S. The van der Waals surface area contributed by atoms with E-state index in [2.05, 4.69) is 4.90 Å². The van der Waals surface area contributed by atoms with E-state index in [4.69, 9.17) is 0 Å². The largest absolute Gasteiger partial charge is 0.297 e. The summed E-state index contributed by atoms with van der Waals surface area (Å²) < 4.78 is 28.1. The van der Waals surface area contributed by atoms with E-state index in [1.165, 1.54) is 35.3 Å². The number of piperazine rings is 1. The molecule has 1 saturated carbocycles. The number of benzene rings is 2. The number of nitro benzene ring substituents is 1. The van der Waals surface area contributed by atoms with Crippen molar-refractivity contribution in [3.8, 4) is 0 Å². The minimum Gasteiger partial charge on any atom is -0.297 e. The number of nitro groups is 1. The van der Waals surface area contributed by atoms with Crippen LogP contribution < -0.4 is 0 Å². The number of rotatable bonds is 5. The Morgan fingerprint density at radius 2 is 1.74 bits per heavy atom. The van der Waals surface area contributed by atoms with Gasteiger partial charge in [0, 0.05) is 37.8 Å². The third kappa shape index (κ3) is 3.60.